The molecule has 2 aromatic carbocycles. The smallest absolute Gasteiger partial charge is 0.255 e. The molecule has 2 N–H and O–H groups in total. The van der Waals surface area contributed by atoms with E-state index in [2.05, 4.69) is 45.4 Å². The number of carbonyl (C=O) groups excluding carboxylic acids is 1. The average Bonchev–Trinajstić information content (AvgIpc) is 2.70. The third-order valence-corrected chi connectivity index (χ3v) is 4.97. The Kier molecular flexibility index (Phi) is 6.67. The Morgan fingerprint density at radius 3 is 2.10 bits per heavy atom. The molecule has 0 saturated heterocycles. The van der Waals surface area contributed by atoms with Crippen molar-refractivity contribution in [1.29, 1.82) is 0 Å². The van der Waals surface area contributed by atoms with Crippen LogP contribution in [0.2, 0.25) is 0 Å². The van der Waals surface area contributed by atoms with E-state index in [1.54, 1.807) is 12.1 Å². The van der Waals surface area contributed by atoms with Crippen LogP contribution in [0.4, 0.5) is 23.0 Å². The molecule has 1 heterocycles. The van der Waals surface area contributed by atoms with Crippen LogP contribution in [0.3, 0.4) is 0 Å². The molecule has 0 radical (unpaired) electrons. The maximum atomic E-state index is 12.7. The van der Waals surface area contributed by atoms with Crippen LogP contribution in [0.1, 0.15) is 41.2 Å². The molecule has 0 atom stereocenters. The summed E-state index contributed by atoms with van der Waals surface area (Å²) in [4.78, 5) is 23.7. The number of hydrogen-bond acceptors (Lipinski definition) is 5. The number of nitrogens with zero attached hydrogens (tertiary/aromatic N) is 3. The van der Waals surface area contributed by atoms with Crippen molar-refractivity contribution in [2.24, 2.45) is 0 Å². The number of nitrogens with one attached hydrogen (secondary N) is 2. The Bertz CT molecular complexity index is 1010. The van der Waals surface area contributed by atoms with Crippen LogP contribution in [-0.4, -0.2) is 29.0 Å². The number of aromatic nitrogens is 2. The quantitative estimate of drug-likeness (QED) is 0.564. The zero-order chi connectivity index (χ0) is 21.7. The van der Waals surface area contributed by atoms with Gasteiger partial charge in [0, 0.05) is 47.1 Å². The van der Waals surface area contributed by atoms with Gasteiger partial charge >= 0.3 is 0 Å². The van der Waals surface area contributed by atoms with Crippen molar-refractivity contribution in [3.8, 4) is 0 Å². The summed E-state index contributed by atoms with van der Waals surface area (Å²) in [6, 6.07) is 15.3. The average molecular weight is 404 g/mol. The molecule has 6 nitrogen and oxygen atoms in total. The van der Waals surface area contributed by atoms with E-state index >= 15 is 0 Å². The van der Waals surface area contributed by atoms with E-state index in [-0.39, 0.29) is 5.91 Å². The summed E-state index contributed by atoms with van der Waals surface area (Å²) in [5.74, 6) is 0.413. The van der Waals surface area contributed by atoms with E-state index in [0.717, 1.165) is 41.4 Å². The molecule has 0 aliphatic carbocycles. The predicted octanol–water partition coefficient (Wildman–Crippen LogP) is 5.24. The maximum absolute atomic E-state index is 12.7. The zero-order valence-electron chi connectivity index (χ0n) is 18.3. The van der Waals surface area contributed by atoms with Gasteiger partial charge < -0.3 is 15.5 Å². The molecule has 0 aliphatic rings. The summed E-state index contributed by atoms with van der Waals surface area (Å²) in [6.07, 6.45) is 0. The Hall–Kier alpha value is -3.41. The van der Waals surface area contributed by atoms with Gasteiger partial charge in [-0.3, -0.25) is 4.79 Å². The van der Waals surface area contributed by atoms with Crippen LogP contribution < -0.4 is 15.5 Å². The van der Waals surface area contributed by atoms with E-state index in [1.165, 1.54) is 5.69 Å². The minimum atomic E-state index is -0.136. The number of aryl methyl sites for hydroxylation is 3. The Morgan fingerprint density at radius 1 is 0.900 bits per heavy atom. The molecule has 30 heavy (non-hydrogen) atoms. The number of rotatable bonds is 7. The molecule has 3 rings (SSSR count). The van der Waals surface area contributed by atoms with Crippen molar-refractivity contribution in [3.05, 3.63) is 71.0 Å². The SMILES string of the molecule is CCN(CC)c1ccc(NC(=O)c2ccc(Nc3nc(C)cc(C)n3)cc2)c(C)c1. The normalized spacial score (nSPS) is 10.6. The lowest BCUT2D eigenvalue weighted by Crippen LogP contribution is -2.22. The number of amides is 1. The third-order valence-electron chi connectivity index (χ3n) is 4.97. The molecule has 0 aliphatic heterocycles. The molecule has 6 heteroatoms. The molecular weight excluding hydrogens is 374 g/mol. The van der Waals surface area contributed by atoms with Crippen molar-refractivity contribution in [2.45, 2.75) is 34.6 Å². The van der Waals surface area contributed by atoms with E-state index in [0.29, 0.717) is 11.5 Å². The van der Waals surface area contributed by atoms with E-state index < -0.39 is 0 Å². The van der Waals surface area contributed by atoms with Gasteiger partial charge in [-0.2, -0.15) is 0 Å². The summed E-state index contributed by atoms with van der Waals surface area (Å²) < 4.78 is 0. The second-order valence-electron chi connectivity index (χ2n) is 7.30. The zero-order valence-corrected chi connectivity index (χ0v) is 18.3. The Balaban J connectivity index is 1.69. The first-order chi connectivity index (χ1) is 14.4. The van der Waals surface area contributed by atoms with Gasteiger partial charge in [0.1, 0.15) is 0 Å². The summed E-state index contributed by atoms with van der Waals surface area (Å²) in [5, 5.41) is 6.19. The van der Waals surface area contributed by atoms with Crippen LogP contribution in [0, 0.1) is 20.8 Å². The highest BCUT2D eigenvalue weighted by Crippen LogP contribution is 2.23. The fourth-order valence-corrected chi connectivity index (χ4v) is 3.38. The van der Waals surface area contributed by atoms with E-state index in [4.69, 9.17) is 0 Å². The van der Waals surface area contributed by atoms with Crippen LogP contribution in [0.25, 0.3) is 0 Å². The summed E-state index contributed by atoms with van der Waals surface area (Å²) in [6.45, 7) is 12.1. The van der Waals surface area contributed by atoms with Crippen LogP contribution in [0.5, 0.6) is 0 Å². The highest BCUT2D eigenvalue weighted by molar-refractivity contribution is 6.05. The Labute approximate surface area is 178 Å². The van der Waals surface area contributed by atoms with Gasteiger partial charge in [0.05, 0.1) is 0 Å². The van der Waals surface area contributed by atoms with Gasteiger partial charge in [0.15, 0.2) is 0 Å². The highest BCUT2D eigenvalue weighted by Gasteiger charge is 2.10. The number of anilines is 4. The van der Waals surface area contributed by atoms with E-state index in [1.807, 2.05) is 51.1 Å². The monoisotopic (exact) mass is 403 g/mol. The maximum Gasteiger partial charge on any atom is 0.255 e. The van der Waals surface area contributed by atoms with Gasteiger partial charge in [0.25, 0.3) is 5.91 Å². The lowest BCUT2D eigenvalue weighted by Gasteiger charge is -2.22. The predicted molar refractivity (Wildman–Crippen MR) is 124 cm³/mol. The van der Waals surface area contributed by atoms with Gasteiger partial charge in [-0.05, 0) is 88.7 Å². The molecule has 1 amide bonds. The van der Waals surface area contributed by atoms with Crippen molar-refractivity contribution in [3.63, 3.8) is 0 Å². The third kappa shape index (κ3) is 5.14. The van der Waals surface area contributed by atoms with Crippen molar-refractivity contribution >= 4 is 28.9 Å². The number of benzene rings is 2. The lowest BCUT2D eigenvalue weighted by molar-refractivity contribution is 0.102. The molecule has 0 spiro atoms. The fourth-order valence-electron chi connectivity index (χ4n) is 3.38. The van der Waals surface area contributed by atoms with Gasteiger partial charge in [-0.25, -0.2) is 9.97 Å². The number of carbonyl (C=O) groups is 1. The first-order valence-electron chi connectivity index (χ1n) is 10.3. The molecule has 0 bridgehead atoms. The Morgan fingerprint density at radius 2 is 1.53 bits per heavy atom. The summed E-state index contributed by atoms with van der Waals surface area (Å²) >= 11 is 0. The summed E-state index contributed by atoms with van der Waals surface area (Å²) in [7, 11) is 0. The van der Waals surface area contributed by atoms with Gasteiger partial charge in [-0.15, -0.1) is 0 Å². The lowest BCUT2D eigenvalue weighted by atomic mass is 10.1. The molecule has 3 aromatic rings. The molecular formula is C24H29N5O. The van der Waals surface area contributed by atoms with Crippen molar-refractivity contribution < 1.29 is 4.79 Å². The highest BCUT2D eigenvalue weighted by atomic mass is 16.1. The topological polar surface area (TPSA) is 70.2 Å². The second kappa shape index (κ2) is 9.39. The minimum absolute atomic E-state index is 0.136. The standard InChI is InChI=1S/C24H29N5O/c1-6-29(7-2)21-12-13-22(16(3)14-21)28-23(30)19-8-10-20(11-9-19)27-24-25-17(4)15-18(5)26-24/h8-15H,6-7H2,1-5H3,(H,28,30)(H,25,26,27). The van der Waals surface area contributed by atoms with Crippen LogP contribution in [-0.2, 0) is 0 Å². The molecule has 1 aromatic heterocycles. The molecule has 0 fully saturated rings. The van der Waals surface area contributed by atoms with Crippen molar-refractivity contribution in [1.82, 2.24) is 9.97 Å². The molecule has 0 unspecified atom stereocenters. The first-order valence-corrected chi connectivity index (χ1v) is 10.3. The van der Waals surface area contributed by atoms with Crippen molar-refractivity contribution in [2.75, 3.05) is 28.6 Å². The summed E-state index contributed by atoms with van der Waals surface area (Å²) in [5.41, 5.74) is 6.26. The van der Waals surface area contributed by atoms with Crippen LogP contribution >= 0.6 is 0 Å². The molecule has 0 saturated carbocycles. The van der Waals surface area contributed by atoms with Gasteiger partial charge in [0.2, 0.25) is 5.95 Å². The largest absolute Gasteiger partial charge is 0.372 e. The van der Waals surface area contributed by atoms with Crippen LogP contribution in [0.15, 0.2) is 48.5 Å². The van der Waals surface area contributed by atoms with E-state index in [9.17, 15) is 4.79 Å². The second-order valence-corrected chi connectivity index (χ2v) is 7.30. The van der Waals surface area contributed by atoms with Gasteiger partial charge in [-0.1, -0.05) is 0 Å². The number of hydrogen-bond donors (Lipinski definition) is 2. The first kappa shape index (κ1) is 21.3. The fraction of sp³-hybridized carbons (Fsp3) is 0.292. The minimum Gasteiger partial charge on any atom is -0.372 e. The molecule has 156 valence electrons.